The van der Waals surface area contributed by atoms with Crippen LogP contribution in [0.1, 0.15) is 31.4 Å². The number of hydrogen-bond donors (Lipinski definition) is 2. The second kappa shape index (κ2) is 5.83. The first-order valence-corrected chi connectivity index (χ1v) is 7.48. The summed E-state index contributed by atoms with van der Waals surface area (Å²) in [6.45, 7) is 4.42. The molecule has 1 heterocycles. The zero-order valence-electron chi connectivity index (χ0n) is 11.9. The maximum Gasteiger partial charge on any atom is 0.223 e. The molecule has 2 atom stereocenters. The molecule has 1 aliphatic carbocycles. The number of amides is 1. The molecule has 1 aromatic carbocycles. The van der Waals surface area contributed by atoms with Crippen LogP contribution in [0.15, 0.2) is 24.3 Å². The van der Waals surface area contributed by atoms with Crippen molar-refractivity contribution in [1.29, 1.82) is 0 Å². The third-order valence-corrected chi connectivity index (χ3v) is 4.06. The van der Waals surface area contributed by atoms with Crippen molar-refractivity contribution in [3.8, 4) is 5.75 Å². The normalized spacial score (nSPS) is 24.6. The predicted octanol–water partition coefficient (Wildman–Crippen LogP) is 1.87. The molecule has 0 spiro atoms. The zero-order valence-corrected chi connectivity index (χ0v) is 11.9. The van der Waals surface area contributed by atoms with Crippen LogP contribution in [0.3, 0.4) is 0 Å². The molecule has 0 saturated heterocycles. The van der Waals surface area contributed by atoms with E-state index in [1.54, 1.807) is 0 Å². The van der Waals surface area contributed by atoms with Crippen LogP contribution in [-0.2, 0) is 4.79 Å². The summed E-state index contributed by atoms with van der Waals surface area (Å²) in [7, 11) is 0. The largest absolute Gasteiger partial charge is 0.493 e. The van der Waals surface area contributed by atoms with Gasteiger partial charge < -0.3 is 15.4 Å². The van der Waals surface area contributed by atoms with E-state index in [9.17, 15) is 4.79 Å². The standard InChI is InChI=1S/C16H22N2O2/c1-11-10-20-14-5-3-2-4-13(14)15(11)17-8-9-18-16(19)12-6-7-12/h2-5,11-12,15,17H,6-10H2,1H3,(H,18,19). The first kappa shape index (κ1) is 13.4. The van der Waals surface area contributed by atoms with Crippen molar-refractivity contribution in [2.24, 2.45) is 11.8 Å². The lowest BCUT2D eigenvalue weighted by Crippen LogP contribution is -2.38. The minimum absolute atomic E-state index is 0.215. The molecule has 1 saturated carbocycles. The molecule has 108 valence electrons. The van der Waals surface area contributed by atoms with E-state index >= 15 is 0 Å². The van der Waals surface area contributed by atoms with Gasteiger partial charge in [0.15, 0.2) is 0 Å². The molecular formula is C16H22N2O2. The van der Waals surface area contributed by atoms with Crippen molar-refractivity contribution in [3.05, 3.63) is 29.8 Å². The third-order valence-electron chi connectivity index (χ3n) is 4.06. The molecule has 0 aromatic heterocycles. The summed E-state index contributed by atoms with van der Waals surface area (Å²) in [5.41, 5.74) is 1.22. The summed E-state index contributed by atoms with van der Waals surface area (Å²) in [4.78, 5) is 11.6. The highest BCUT2D eigenvalue weighted by atomic mass is 16.5. The lowest BCUT2D eigenvalue weighted by atomic mass is 9.92. The lowest BCUT2D eigenvalue weighted by Gasteiger charge is -2.32. The number of carbonyl (C=O) groups is 1. The van der Waals surface area contributed by atoms with Gasteiger partial charge in [0.1, 0.15) is 5.75 Å². The second-order valence-electron chi connectivity index (χ2n) is 5.82. The van der Waals surface area contributed by atoms with E-state index in [0.717, 1.165) is 31.7 Å². The average molecular weight is 274 g/mol. The molecule has 0 bridgehead atoms. The van der Waals surface area contributed by atoms with Crippen molar-refractivity contribution < 1.29 is 9.53 Å². The number of ether oxygens (including phenoxy) is 1. The maximum atomic E-state index is 11.6. The summed E-state index contributed by atoms with van der Waals surface area (Å²) >= 11 is 0. The fourth-order valence-electron chi connectivity index (χ4n) is 2.71. The minimum Gasteiger partial charge on any atom is -0.493 e. The number of rotatable bonds is 5. The van der Waals surface area contributed by atoms with Crippen molar-refractivity contribution in [2.45, 2.75) is 25.8 Å². The highest BCUT2D eigenvalue weighted by Crippen LogP contribution is 2.34. The number of benzene rings is 1. The lowest BCUT2D eigenvalue weighted by molar-refractivity contribution is -0.122. The summed E-state index contributed by atoms with van der Waals surface area (Å²) < 4.78 is 5.74. The van der Waals surface area contributed by atoms with Gasteiger partial charge in [-0.15, -0.1) is 0 Å². The Morgan fingerprint density at radius 3 is 2.90 bits per heavy atom. The van der Waals surface area contributed by atoms with Gasteiger partial charge in [0.2, 0.25) is 5.91 Å². The molecule has 20 heavy (non-hydrogen) atoms. The Bertz CT molecular complexity index is 485. The first-order chi connectivity index (χ1) is 9.75. The fraction of sp³-hybridized carbons (Fsp3) is 0.562. The molecule has 2 N–H and O–H groups in total. The number of carbonyl (C=O) groups excluding carboxylic acids is 1. The molecule has 0 radical (unpaired) electrons. The van der Waals surface area contributed by atoms with Crippen molar-refractivity contribution >= 4 is 5.91 Å². The molecular weight excluding hydrogens is 252 g/mol. The van der Waals surface area contributed by atoms with Gasteiger partial charge in [-0.25, -0.2) is 0 Å². The molecule has 2 unspecified atom stereocenters. The van der Waals surface area contributed by atoms with Gasteiger partial charge in [-0.05, 0) is 18.9 Å². The zero-order chi connectivity index (χ0) is 13.9. The van der Waals surface area contributed by atoms with Crippen LogP contribution in [0.4, 0.5) is 0 Å². The van der Waals surface area contributed by atoms with E-state index in [-0.39, 0.29) is 11.8 Å². The van der Waals surface area contributed by atoms with E-state index in [0.29, 0.717) is 18.5 Å². The van der Waals surface area contributed by atoms with E-state index in [2.05, 4.69) is 23.6 Å². The smallest absolute Gasteiger partial charge is 0.223 e. The number of fused-ring (bicyclic) bond motifs is 1. The summed E-state index contributed by atoms with van der Waals surface area (Å²) in [6.07, 6.45) is 2.12. The van der Waals surface area contributed by atoms with Crippen LogP contribution < -0.4 is 15.4 Å². The quantitative estimate of drug-likeness (QED) is 0.806. The Balaban J connectivity index is 1.52. The molecule has 1 amide bonds. The Kier molecular flexibility index (Phi) is 3.92. The summed E-state index contributed by atoms with van der Waals surface area (Å²) in [5.74, 6) is 1.92. The Labute approximate surface area is 119 Å². The molecule has 1 aliphatic heterocycles. The maximum absolute atomic E-state index is 11.6. The van der Waals surface area contributed by atoms with Crippen LogP contribution in [0.5, 0.6) is 5.75 Å². The summed E-state index contributed by atoms with van der Waals surface area (Å²) in [5, 5.41) is 6.54. The van der Waals surface area contributed by atoms with Gasteiger partial charge in [-0.2, -0.15) is 0 Å². The van der Waals surface area contributed by atoms with E-state index in [1.807, 2.05) is 18.2 Å². The highest BCUT2D eigenvalue weighted by molar-refractivity contribution is 5.80. The van der Waals surface area contributed by atoms with Crippen LogP contribution in [0, 0.1) is 11.8 Å². The Morgan fingerprint density at radius 1 is 1.30 bits per heavy atom. The van der Waals surface area contributed by atoms with Gasteiger partial charge in [0, 0.05) is 36.5 Å². The monoisotopic (exact) mass is 274 g/mol. The minimum atomic E-state index is 0.215. The Morgan fingerprint density at radius 2 is 2.10 bits per heavy atom. The van der Waals surface area contributed by atoms with Gasteiger partial charge in [0.05, 0.1) is 6.61 Å². The molecule has 1 fully saturated rings. The van der Waals surface area contributed by atoms with Crippen molar-refractivity contribution in [1.82, 2.24) is 10.6 Å². The van der Waals surface area contributed by atoms with Crippen LogP contribution in [0.2, 0.25) is 0 Å². The number of para-hydroxylation sites is 1. The average Bonchev–Trinajstić information content (AvgIpc) is 3.30. The summed E-state index contributed by atoms with van der Waals surface area (Å²) in [6, 6.07) is 8.49. The van der Waals surface area contributed by atoms with Crippen LogP contribution in [0.25, 0.3) is 0 Å². The van der Waals surface area contributed by atoms with Gasteiger partial charge in [-0.1, -0.05) is 25.1 Å². The van der Waals surface area contributed by atoms with Crippen LogP contribution in [-0.4, -0.2) is 25.6 Å². The Hall–Kier alpha value is -1.55. The van der Waals surface area contributed by atoms with E-state index < -0.39 is 0 Å². The highest BCUT2D eigenvalue weighted by Gasteiger charge is 2.29. The molecule has 3 rings (SSSR count). The van der Waals surface area contributed by atoms with Crippen LogP contribution >= 0.6 is 0 Å². The molecule has 2 aliphatic rings. The first-order valence-electron chi connectivity index (χ1n) is 7.48. The SMILES string of the molecule is CC1COc2ccccc2C1NCCNC(=O)C1CC1. The predicted molar refractivity (Wildman–Crippen MR) is 77.6 cm³/mol. The molecule has 1 aromatic rings. The van der Waals surface area contributed by atoms with Crippen molar-refractivity contribution in [3.63, 3.8) is 0 Å². The third kappa shape index (κ3) is 2.96. The van der Waals surface area contributed by atoms with E-state index in [1.165, 1.54) is 5.56 Å². The van der Waals surface area contributed by atoms with Gasteiger partial charge in [0.25, 0.3) is 0 Å². The number of nitrogens with one attached hydrogen (secondary N) is 2. The van der Waals surface area contributed by atoms with Gasteiger partial charge >= 0.3 is 0 Å². The second-order valence-corrected chi connectivity index (χ2v) is 5.82. The molecule has 4 nitrogen and oxygen atoms in total. The topological polar surface area (TPSA) is 50.4 Å². The fourth-order valence-corrected chi connectivity index (χ4v) is 2.71. The molecule has 4 heteroatoms. The number of hydrogen-bond acceptors (Lipinski definition) is 3. The van der Waals surface area contributed by atoms with Crippen molar-refractivity contribution in [2.75, 3.05) is 19.7 Å². The van der Waals surface area contributed by atoms with Gasteiger partial charge in [-0.3, -0.25) is 4.79 Å². The van der Waals surface area contributed by atoms with E-state index in [4.69, 9.17) is 4.74 Å².